The third-order valence-electron chi connectivity index (χ3n) is 3.20. The number of rotatable bonds is 6. The molecule has 0 aliphatic carbocycles. The van der Waals surface area contributed by atoms with E-state index in [2.05, 4.69) is 60.6 Å². The van der Waals surface area contributed by atoms with E-state index >= 15 is 0 Å². The van der Waals surface area contributed by atoms with E-state index in [0.29, 0.717) is 5.41 Å². The molecule has 0 spiro atoms. The van der Waals surface area contributed by atoms with E-state index in [1.807, 2.05) is 13.8 Å². The van der Waals surface area contributed by atoms with Gasteiger partial charge in [-0.15, -0.1) is 0 Å². The second-order valence-electron chi connectivity index (χ2n) is 9.33. The van der Waals surface area contributed by atoms with Gasteiger partial charge in [-0.25, -0.2) is 0 Å². The number of allylic oxidation sites excluding steroid dienone is 2. The molecule has 0 aliphatic rings. The van der Waals surface area contributed by atoms with Crippen molar-refractivity contribution in [2.24, 2.45) is 21.7 Å². The molecule has 0 heterocycles. The first-order valence-corrected chi connectivity index (χ1v) is 7.35. The number of aldehydes is 1. The van der Waals surface area contributed by atoms with Crippen molar-refractivity contribution in [3.05, 3.63) is 12.2 Å². The lowest BCUT2D eigenvalue weighted by Gasteiger charge is -2.33. The molecule has 0 aromatic rings. The van der Waals surface area contributed by atoms with E-state index in [1.54, 1.807) is 0 Å². The van der Waals surface area contributed by atoms with Crippen molar-refractivity contribution in [3.63, 3.8) is 0 Å². The highest BCUT2D eigenvalue weighted by Gasteiger charge is 2.28. The van der Waals surface area contributed by atoms with Crippen molar-refractivity contribution >= 4 is 6.29 Å². The van der Waals surface area contributed by atoms with Crippen molar-refractivity contribution < 1.29 is 4.79 Å². The van der Waals surface area contributed by atoms with Gasteiger partial charge < -0.3 is 4.79 Å². The van der Waals surface area contributed by atoms with E-state index in [4.69, 9.17) is 0 Å². The van der Waals surface area contributed by atoms with Crippen LogP contribution in [-0.2, 0) is 4.79 Å². The number of carbonyl (C=O) groups is 1. The van der Waals surface area contributed by atoms with Gasteiger partial charge in [-0.1, -0.05) is 74.5 Å². The van der Waals surface area contributed by atoms with Crippen LogP contribution < -0.4 is 0 Å². The van der Waals surface area contributed by atoms with Crippen LogP contribution in [0.25, 0.3) is 0 Å². The lowest BCUT2D eigenvalue weighted by molar-refractivity contribution is -0.115. The highest BCUT2D eigenvalue weighted by molar-refractivity contribution is 5.58. The van der Waals surface area contributed by atoms with Gasteiger partial charge in [-0.2, -0.15) is 0 Å². The molecule has 19 heavy (non-hydrogen) atoms. The molecule has 0 atom stereocenters. The quantitative estimate of drug-likeness (QED) is 0.448. The average molecular weight is 266 g/mol. The van der Waals surface area contributed by atoms with Crippen LogP contribution in [0.4, 0.5) is 0 Å². The monoisotopic (exact) mass is 266 g/mol. The summed E-state index contributed by atoms with van der Waals surface area (Å²) in [7, 11) is 0. The van der Waals surface area contributed by atoms with Gasteiger partial charge in [0.2, 0.25) is 0 Å². The Morgan fingerprint density at radius 2 is 1.00 bits per heavy atom. The first-order valence-electron chi connectivity index (χ1n) is 7.35. The number of hydrogen-bond acceptors (Lipinski definition) is 1. The van der Waals surface area contributed by atoms with E-state index in [9.17, 15) is 4.79 Å². The zero-order valence-electron chi connectivity index (χ0n) is 14.6. The maximum atomic E-state index is 11.1. The first-order chi connectivity index (χ1) is 8.18. The minimum Gasteiger partial charge on any atom is -0.303 e. The summed E-state index contributed by atoms with van der Waals surface area (Å²) in [6.45, 7) is 19.9. The minimum absolute atomic E-state index is 0.0551. The Bertz CT molecular complexity index is 324. The van der Waals surface area contributed by atoms with Crippen molar-refractivity contribution in [3.8, 4) is 0 Å². The number of hydrogen-bond donors (Lipinski definition) is 0. The van der Waals surface area contributed by atoms with Crippen LogP contribution in [0.2, 0.25) is 0 Å². The van der Waals surface area contributed by atoms with E-state index < -0.39 is 0 Å². The highest BCUT2D eigenvalue weighted by Crippen LogP contribution is 2.38. The average Bonchev–Trinajstić information content (AvgIpc) is 2.10. The van der Waals surface area contributed by atoms with Gasteiger partial charge in [0.25, 0.3) is 0 Å². The van der Waals surface area contributed by atoms with Crippen LogP contribution in [-0.4, -0.2) is 6.29 Å². The molecule has 0 rings (SSSR count). The summed E-state index contributed by atoms with van der Waals surface area (Å²) in [5, 5.41) is 0. The van der Waals surface area contributed by atoms with Gasteiger partial charge in [0.15, 0.2) is 0 Å². The Morgan fingerprint density at radius 3 is 1.32 bits per heavy atom. The summed E-state index contributed by atoms with van der Waals surface area (Å²) in [5.74, 6) is 0. The molecule has 0 aromatic heterocycles. The second-order valence-corrected chi connectivity index (χ2v) is 9.33. The SMILES string of the molecule is CC(C)(C)CC(C)(C)C=CC(C)(C)CC(C)(C)C=O. The lowest BCUT2D eigenvalue weighted by atomic mass is 9.72. The van der Waals surface area contributed by atoms with Gasteiger partial charge in [0, 0.05) is 5.41 Å². The van der Waals surface area contributed by atoms with Crippen LogP contribution in [0, 0.1) is 21.7 Å². The van der Waals surface area contributed by atoms with Crippen LogP contribution in [0.3, 0.4) is 0 Å². The molecule has 0 aromatic carbocycles. The molecular formula is C18H34O. The fourth-order valence-corrected chi connectivity index (χ4v) is 3.15. The van der Waals surface area contributed by atoms with E-state index in [1.165, 1.54) is 0 Å². The van der Waals surface area contributed by atoms with Crippen molar-refractivity contribution in [1.82, 2.24) is 0 Å². The predicted molar refractivity (Wildman–Crippen MR) is 85.2 cm³/mol. The Morgan fingerprint density at radius 1 is 0.632 bits per heavy atom. The molecule has 0 saturated carbocycles. The summed E-state index contributed by atoms with van der Waals surface area (Å²) >= 11 is 0. The first kappa shape index (κ1) is 18.4. The molecule has 1 heteroatoms. The predicted octanol–water partition coefficient (Wildman–Crippen LogP) is 5.65. The molecule has 0 N–H and O–H groups in total. The molecule has 112 valence electrons. The Labute approximate surface area is 120 Å². The molecule has 0 unspecified atom stereocenters. The molecule has 0 amide bonds. The van der Waals surface area contributed by atoms with E-state index in [-0.39, 0.29) is 16.2 Å². The molecule has 0 fully saturated rings. The fourth-order valence-electron chi connectivity index (χ4n) is 3.15. The molecule has 0 aliphatic heterocycles. The third kappa shape index (κ3) is 9.02. The standard InChI is InChI=1S/C18H34O/c1-15(2,3)12-16(4,5)10-11-17(6,7)13-18(8,9)14-19/h10-11,14H,12-13H2,1-9H3. The van der Waals surface area contributed by atoms with Gasteiger partial charge in [-0.05, 0) is 29.1 Å². The maximum absolute atomic E-state index is 11.1. The summed E-state index contributed by atoms with van der Waals surface area (Å²) < 4.78 is 0. The Hall–Kier alpha value is -0.590. The number of carbonyl (C=O) groups excluding carboxylic acids is 1. The zero-order chi connectivity index (χ0) is 15.5. The van der Waals surface area contributed by atoms with Crippen molar-refractivity contribution in [1.29, 1.82) is 0 Å². The van der Waals surface area contributed by atoms with Gasteiger partial charge >= 0.3 is 0 Å². The summed E-state index contributed by atoms with van der Waals surface area (Å²) in [5.41, 5.74) is 0.336. The van der Waals surface area contributed by atoms with E-state index in [0.717, 1.165) is 19.1 Å². The summed E-state index contributed by atoms with van der Waals surface area (Å²) in [4.78, 5) is 11.1. The summed E-state index contributed by atoms with van der Waals surface area (Å²) in [6, 6.07) is 0. The Kier molecular flexibility index (Phi) is 5.63. The van der Waals surface area contributed by atoms with Gasteiger partial charge in [0.1, 0.15) is 6.29 Å². The van der Waals surface area contributed by atoms with Gasteiger partial charge in [-0.3, -0.25) is 0 Å². The smallest absolute Gasteiger partial charge is 0.125 e. The molecule has 1 nitrogen and oxygen atoms in total. The minimum atomic E-state index is -0.248. The van der Waals surface area contributed by atoms with Crippen molar-refractivity contribution in [2.45, 2.75) is 75.2 Å². The second kappa shape index (κ2) is 5.81. The zero-order valence-corrected chi connectivity index (χ0v) is 14.6. The maximum Gasteiger partial charge on any atom is 0.125 e. The summed E-state index contributed by atoms with van der Waals surface area (Å²) in [6.07, 6.45) is 7.74. The Balaban J connectivity index is 4.82. The normalized spacial score (nSPS) is 15.0. The van der Waals surface area contributed by atoms with Crippen LogP contribution >= 0.6 is 0 Å². The lowest BCUT2D eigenvalue weighted by Crippen LogP contribution is -2.24. The molecule has 0 saturated heterocycles. The third-order valence-corrected chi connectivity index (χ3v) is 3.20. The molecule has 0 radical (unpaired) electrons. The molecule has 0 bridgehead atoms. The van der Waals surface area contributed by atoms with Gasteiger partial charge in [0.05, 0.1) is 0 Å². The van der Waals surface area contributed by atoms with Crippen molar-refractivity contribution in [2.75, 3.05) is 0 Å². The highest BCUT2D eigenvalue weighted by atomic mass is 16.1. The van der Waals surface area contributed by atoms with Crippen LogP contribution in [0.1, 0.15) is 75.2 Å². The fraction of sp³-hybridized carbons (Fsp3) is 0.833. The van der Waals surface area contributed by atoms with Crippen LogP contribution in [0.5, 0.6) is 0 Å². The largest absolute Gasteiger partial charge is 0.303 e. The van der Waals surface area contributed by atoms with Crippen LogP contribution in [0.15, 0.2) is 12.2 Å². The topological polar surface area (TPSA) is 17.1 Å². The molecular weight excluding hydrogens is 232 g/mol.